The van der Waals surface area contributed by atoms with Crippen molar-refractivity contribution in [3.63, 3.8) is 0 Å². The van der Waals surface area contributed by atoms with Crippen LogP contribution in [-0.2, 0) is 10.8 Å². The SMILES string of the molecule is CC(C)(C)c1cccc(C(C)(C)C)c1.[Na]. The second-order valence-electron chi connectivity index (χ2n) is 6.08. The molecule has 0 aromatic heterocycles. The maximum Gasteiger partial charge on any atom is 0 e. The van der Waals surface area contributed by atoms with E-state index >= 15 is 0 Å². The van der Waals surface area contributed by atoms with Crippen molar-refractivity contribution in [1.82, 2.24) is 0 Å². The minimum Gasteiger partial charge on any atom is -0.0617 e. The van der Waals surface area contributed by atoms with Gasteiger partial charge in [-0.25, -0.2) is 0 Å². The normalized spacial score (nSPS) is 12.1. The number of hydrogen-bond acceptors (Lipinski definition) is 0. The van der Waals surface area contributed by atoms with Crippen molar-refractivity contribution in [3.8, 4) is 0 Å². The van der Waals surface area contributed by atoms with Crippen molar-refractivity contribution in [2.24, 2.45) is 0 Å². The van der Waals surface area contributed by atoms with E-state index < -0.39 is 0 Å². The molecule has 0 fully saturated rings. The van der Waals surface area contributed by atoms with E-state index in [1.807, 2.05) is 0 Å². The van der Waals surface area contributed by atoms with Crippen molar-refractivity contribution >= 4 is 29.6 Å². The van der Waals surface area contributed by atoms with Crippen LogP contribution in [0.15, 0.2) is 24.3 Å². The van der Waals surface area contributed by atoms with Gasteiger partial charge in [-0.2, -0.15) is 0 Å². The molecule has 1 radical (unpaired) electrons. The minimum absolute atomic E-state index is 0. The Bertz CT molecular complexity index is 284. The van der Waals surface area contributed by atoms with E-state index in [0.29, 0.717) is 0 Å². The topological polar surface area (TPSA) is 0 Å². The number of hydrogen-bond donors (Lipinski definition) is 0. The molecule has 0 saturated carbocycles. The quantitative estimate of drug-likeness (QED) is 0.573. The van der Waals surface area contributed by atoms with Crippen molar-refractivity contribution in [3.05, 3.63) is 35.4 Å². The average molecular weight is 213 g/mol. The Labute approximate surface area is 117 Å². The smallest absolute Gasteiger partial charge is 0 e. The molecule has 1 aromatic carbocycles. The Balaban J connectivity index is 0.00000196. The summed E-state index contributed by atoms with van der Waals surface area (Å²) in [4.78, 5) is 0. The molecule has 0 unspecified atom stereocenters. The van der Waals surface area contributed by atoms with Gasteiger partial charge in [-0.3, -0.25) is 0 Å². The maximum absolute atomic E-state index is 2.33. The molecule has 0 aliphatic rings. The van der Waals surface area contributed by atoms with Gasteiger partial charge in [0.15, 0.2) is 0 Å². The van der Waals surface area contributed by atoms with Gasteiger partial charge in [-0.15, -0.1) is 0 Å². The first-order valence-electron chi connectivity index (χ1n) is 5.32. The van der Waals surface area contributed by atoms with Gasteiger partial charge in [0, 0.05) is 29.6 Å². The summed E-state index contributed by atoms with van der Waals surface area (Å²) < 4.78 is 0. The fraction of sp³-hybridized carbons (Fsp3) is 0.571. The Morgan fingerprint density at radius 2 is 1.07 bits per heavy atom. The molecule has 0 atom stereocenters. The molecule has 0 N–H and O–H groups in total. The fourth-order valence-electron chi connectivity index (χ4n) is 1.45. The van der Waals surface area contributed by atoms with Crippen LogP contribution in [0.1, 0.15) is 52.7 Å². The summed E-state index contributed by atoms with van der Waals surface area (Å²) in [6.07, 6.45) is 0. The van der Waals surface area contributed by atoms with Gasteiger partial charge in [-0.05, 0) is 22.0 Å². The van der Waals surface area contributed by atoms with E-state index in [0.717, 1.165) is 0 Å². The summed E-state index contributed by atoms with van der Waals surface area (Å²) in [6, 6.07) is 8.94. The first kappa shape index (κ1) is 15.2. The number of rotatable bonds is 0. The Morgan fingerprint density at radius 1 is 0.733 bits per heavy atom. The second kappa shape index (κ2) is 5.03. The molecule has 0 aliphatic heterocycles. The zero-order valence-corrected chi connectivity index (χ0v) is 13.3. The van der Waals surface area contributed by atoms with Crippen LogP contribution >= 0.6 is 0 Å². The third-order valence-corrected chi connectivity index (χ3v) is 2.59. The summed E-state index contributed by atoms with van der Waals surface area (Å²) in [5.41, 5.74) is 3.34. The molecule has 0 nitrogen and oxygen atoms in total. The Kier molecular flexibility index (Phi) is 5.11. The summed E-state index contributed by atoms with van der Waals surface area (Å²) in [5, 5.41) is 0. The molecule has 0 aliphatic carbocycles. The van der Waals surface area contributed by atoms with Crippen molar-refractivity contribution in [2.75, 3.05) is 0 Å². The molecule has 0 spiro atoms. The molecule has 1 rings (SSSR count). The van der Waals surface area contributed by atoms with E-state index in [4.69, 9.17) is 0 Å². The van der Waals surface area contributed by atoms with Crippen LogP contribution in [0.2, 0.25) is 0 Å². The van der Waals surface area contributed by atoms with Crippen LogP contribution in [0.25, 0.3) is 0 Å². The maximum atomic E-state index is 2.33. The van der Waals surface area contributed by atoms with Gasteiger partial charge < -0.3 is 0 Å². The van der Waals surface area contributed by atoms with Gasteiger partial charge in [-0.1, -0.05) is 65.8 Å². The molecule has 1 aromatic rings. The first-order chi connectivity index (χ1) is 6.21. The van der Waals surface area contributed by atoms with Gasteiger partial charge >= 0.3 is 0 Å². The fourth-order valence-corrected chi connectivity index (χ4v) is 1.45. The van der Waals surface area contributed by atoms with E-state index in [9.17, 15) is 0 Å². The van der Waals surface area contributed by atoms with Gasteiger partial charge in [0.2, 0.25) is 0 Å². The van der Waals surface area contributed by atoms with Crippen LogP contribution in [0.3, 0.4) is 0 Å². The third-order valence-electron chi connectivity index (χ3n) is 2.59. The van der Waals surface area contributed by atoms with E-state index in [1.54, 1.807) is 0 Å². The van der Waals surface area contributed by atoms with Crippen LogP contribution in [0, 0.1) is 0 Å². The molecule has 0 heterocycles. The van der Waals surface area contributed by atoms with Gasteiger partial charge in [0.1, 0.15) is 0 Å². The van der Waals surface area contributed by atoms with E-state index in [2.05, 4.69) is 65.8 Å². The first-order valence-corrected chi connectivity index (χ1v) is 5.32. The second-order valence-corrected chi connectivity index (χ2v) is 6.08. The van der Waals surface area contributed by atoms with Crippen LogP contribution in [-0.4, -0.2) is 29.6 Å². The minimum atomic E-state index is 0. The standard InChI is InChI=1S/C14H22.Na/c1-13(2,3)11-8-7-9-12(10-11)14(4,5)6;/h7-10H,1-6H3;. The van der Waals surface area contributed by atoms with E-state index in [-0.39, 0.29) is 40.4 Å². The summed E-state index contributed by atoms with van der Waals surface area (Å²) in [7, 11) is 0. The molecular formula is C14H22Na. The van der Waals surface area contributed by atoms with Crippen LogP contribution < -0.4 is 0 Å². The molecule has 0 saturated heterocycles. The van der Waals surface area contributed by atoms with Gasteiger partial charge in [0.05, 0.1) is 0 Å². The van der Waals surface area contributed by atoms with E-state index in [1.165, 1.54) is 11.1 Å². The third kappa shape index (κ3) is 4.30. The summed E-state index contributed by atoms with van der Waals surface area (Å²) in [5.74, 6) is 0. The summed E-state index contributed by atoms with van der Waals surface area (Å²) >= 11 is 0. The van der Waals surface area contributed by atoms with Gasteiger partial charge in [0.25, 0.3) is 0 Å². The Morgan fingerprint density at radius 3 is 1.33 bits per heavy atom. The van der Waals surface area contributed by atoms with Crippen molar-refractivity contribution in [1.29, 1.82) is 0 Å². The molecule has 0 amide bonds. The van der Waals surface area contributed by atoms with Crippen molar-refractivity contribution < 1.29 is 0 Å². The largest absolute Gasteiger partial charge is 0.0617 e. The van der Waals surface area contributed by atoms with Crippen LogP contribution in [0.5, 0.6) is 0 Å². The molecule has 15 heavy (non-hydrogen) atoms. The molecule has 0 bridgehead atoms. The predicted molar refractivity (Wildman–Crippen MR) is 69.6 cm³/mol. The molecular weight excluding hydrogens is 191 g/mol. The average Bonchev–Trinajstić information content (AvgIpc) is 2.01. The predicted octanol–water partition coefficient (Wildman–Crippen LogP) is 3.90. The zero-order valence-electron chi connectivity index (χ0n) is 11.3. The Hall–Kier alpha value is 0.220. The van der Waals surface area contributed by atoms with Crippen LogP contribution in [0.4, 0.5) is 0 Å². The monoisotopic (exact) mass is 213 g/mol. The zero-order chi connectivity index (χ0) is 11.0. The molecule has 1 heteroatoms. The summed E-state index contributed by atoms with van der Waals surface area (Å²) in [6.45, 7) is 13.6. The number of benzene rings is 1. The molecule has 79 valence electrons. The van der Waals surface area contributed by atoms with Crippen molar-refractivity contribution in [2.45, 2.75) is 52.4 Å².